The van der Waals surface area contributed by atoms with Crippen LogP contribution in [0.25, 0.3) is 0 Å². The van der Waals surface area contributed by atoms with Gasteiger partial charge >= 0.3 is 5.97 Å². The van der Waals surface area contributed by atoms with Gasteiger partial charge in [0.15, 0.2) is 0 Å². The molecule has 4 nitrogen and oxygen atoms in total. The number of furan rings is 1. The Morgan fingerprint density at radius 3 is 1.93 bits per heavy atom. The lowest BCUT2D eigenvalue weighted by atomic mass is 10.2. The van der Waals surface area contributed by atoms with E-state index in [0.29, 0.717) is 18.8 Å². The van der Waals surface area contributed by atoms with Gasteiger partial charge in [0.05, 0.1) is 0 Å². The summed E-state index contributed by atoms with van der Waals surface area (Å²) in [4.78, 5) is 11.2. The molecule has 152 valence electrons. The highest BCUT2D eigenvalue weighted by Gasteiger charge is 2.49. The summed E-state index contributed by atoms with van der Waals surface area (Å²) >= 11 is 0. The predicted molar refractivity (Wildman–Crippen MR) is 118 cm³/mol. The lowest BCUT2D eigenvalue weighted by Crippen LogP contribution is -2.66. The molecule has 3 rings (SSSR count). The van der Waals surface area contributed by atoms with Crippen molar-refractivity contribution < 1.29 is 18.7 Å². The molecule has 1 heterocycles. The second-order valence-corrected chi connectivity index (χ2v) is 12.6. The minimum absolute atomic E-state index is 0.0250. The molecule has 0 saturated carbocycles. The summed E-state index contributed by atoms with van der Waals surface area (Å²) in [5.41, 5.74) is 0.875. The van der Waals surface area contributed by atoms with Gasteiger partial charge in [0.2, 0.25) is 5.76 Å². The second-order valence-electron chi connectivity index (χ2n) is 8.26. The van der Waals surface area contributed by atoms with E-state index in [4.69, 9.17) is 13.9 Å². The van der Waals surface area contributed by atoms with E-state index >= 15 is 0 Å². The van der Waals surface area contributed by atoms with Gasteiger partial charge in [-0.25, -0.2) is 4.79 Å². The Morgan fingerprint density at radius 2 is 1.52 bits per heavy atom. The van der Waals surface area contributed by atoms with Crippen molar-refractivity contribution in [2.75, 3.05) is 6.61 Å². The molecule has 3 aromatic rings. The van der Waals surface area contributed by atoms with Gasteiger partial charge in [0, 0.05) is 6.61 Å². The van der Waals surface area contributed by atoms with Crippen LogP contribution in [0.5, 0.6) is 0 Å². The molecule has 0 spiro atoms. The smallest absolute Gasteiger partial charge is 0.371 e. The van der Waals surface area contributed by atoms with Crippen LogP contribution in [0.1, 0.15) is 42.6 Å². The Labute approximate surface area is 173 Å². The minimum Gasteiger partial charge on any atom is -0.475 e. The van der Waals surface area contributed by atoms with Crippen molar-refractivity contribution in [3.63, 3.8) is 0 Å². The molecule has 2 aromatic carbocycles. The molecule has 0 amide bonds. The van der Waals surface area contributed by atoms with Crippen molar-refractivity contribution >= 4 is 24.7 Å². The lowest BCUT2D eigenvalue weighted by molar-refractivity contribution is 0.0661. The normalized spacial score (nSPS) is 12.1. The third kappa shape index (κ3) is 4.21. The van der Waals surface area contributed by atoms with Crippen LogP contribution in [0.3, 0.4) is 0 Å². The number of hydrogen-bond donors (Lipinski definition) is 1. The maximum atomic E-state index is 11.2. The van der Waals surface area contributed by atoms with Crippen LogP contribution < -0.4 is 10.4 Å². The summed E-state index contributed by atoms with van der Waals surface area (Å²) in [5.74, 6) is -0.441. The van der Waals surface area contributed by atoms with Crippen LogP contribution in [0.15, 0.2) is 71.1 Å². The molecule has 0 radical (unpaired) electrons. The summed E-state index contributed by atoms with van der Waals surface area (Å²) in [6, 6.07) is 22.6. The van der Waals surface area contributed by atoms with Crippen LogP contribution >= 0.6 is 0 Å². The Kier molecular flexibility index (Phi) is 6.10. The quantitative estimate of drug-likeness (QED) is 0.589. The largest absolute Gasteiger partial charge is 0.475 e. The number of benzene rings is 2. The Hall–Kier alpha value is -2.63. The molecule has 1 aromatic heterocycles. The average molecular weight is 409 g/mol. The zero-order valence-electron chi connectivity index (χ0n) is 17.4. The number of carboxylic acids is 1. The first kappa shape index (κ1) is 21.1. The number of hydrogen-bond acceptors (Lipinski definition) is 3. The van der Waals surface area contributed by atoms with Gasteiger partial charge in [-0.3, -0.25) is 0 Å². The van der Waals surface area contributed by atoms with Crippen LogP contribution in [-0.4, -0.2) is 26.0 Å². The number of aryl methyl sites for hydroxylation is 1. The highest BCUT2D eigenvalue weighted by Crippen LogP contribution is 2.36. The summed E-state index contributed by atoms with van der Waals surface area (Å²) in [5, 5.41) is 11.5. The van der Waals surface area contributed by atoms with E-state index in [1.54, 1.807) is 13.0 Å². The van der Waals surface area contributed by atoms with Crippen LogP contribution in [-0.2, 0) is 10.8 Å². The van der Waals surface area contributed by atoms with Gasteiger partial charge in [-0.05, 0) is 40.4 Å². The summed E-state index contributed by atoms with van der Waals surface area (Å²) in [7, 11) is -2.58. The molecule has 0 saturated heterocycles. The zero-order valence-corrected chi connectivity index (χ0v) is 18.4. The molecule has 29 heavy (non-hydrogen) atoms. The molecule has 1 N–H and O–H groups in total. The van der Waals surface area contributed by atoms with Crippen LogP contribution in [0, 0.1) is 6.92 Å². The second kappa shape index (κ2) is 8.39. The first-order valence-electron chi connectivity index (χ1n) is 9.83. The number of carboxylic acid groups (broad SMARTS) is 1. The van der Waals surface area contributed by atoms with E-state index < -0.39 is 14.3 Å². The molecular formula is C24H28O4Si. The first-order valence-corrected chi connectivity index (χ1v) is 11.7. The van der Waals surface area contributed by atoms with Crippen molar-refractivity contribution in [1.29, 1.82) is 0 Å². The van der Waals surface area contributed by atoms with Crippen LogP contribution in [0.4, 0.5) is 0 Å². The third-order valence-electron chi connectivity index (χ3n) is 5.34. The monoisotopic (exact) mass is 408 g/mol. The standard InChI is InChI=1S/C24H28O4Si/c1-18-19(17-22(28-18)23(25)26)15-16-27-29(24(2,3)4,20-11-7-5-8-12-20)21-13-9-6-10-14-21/h5-14,17H,15-16H2,1-4H3,(H,25,26). The van der Waals surface area contributed by atoms with E-state index in [1.165, 1.54) is 10.4 Å². The molecule has 0 bridgehead atoms. The predicted octanol–water partition coefficient (Wildman–Crippen LogP) is 4.41. The first-order chi connectivity index (χ1) is 13.8. The highest BCUT2D eigenvalue weighted by atomic mass is 28.4. The fraction of sp³-hybridized carbons (Fsp3) is 0.292. The number of rotatable bonds is 7. The van der Waals surface area contributed by atoms with Crippen molar-refractivity contribution in [1.82, 2.24) is 0 Å². The number of aromatic carboxylic acids is 1. The van der Waals surface area contributed by atoms with Crippen molar-refractivity contribution in [3.05, 3.63) is 83.8 Å². The third-order valence-corrected chi connectivity index (χ3v) is 10.4. The average Bonchev–Trinajstić information content (AvgIpc) is 3.07. The van der Waals surface area contributed by atoms with Crippen molar-refractivity contribution in [3.8, 4) is 0 Å². The molecule has 0 aliphatic rings. The van der Waals surface area contributed by atoms with Crippen LogP contribution in [0.2, 0.25) is 5.04 Å². The highest BCUT2D eigenvalue weighted by molar-refractivity contribution is 6.99. The van der Waals surface area contributed by atoms with E-state index in [1.807, 2.05) is 12.1 Å². The fourth-order valence-electron chi connectivity index (χ4n) is 3.95. The Bertz CT molecular complexity index is 916. The van der Waals surface area contributed by atoms with Gasteiger partial charge in [0.25, 0.3) is 8.32 Å². The molecule has 0 unspecified atom stereocenters. The van der Waals surface area contributed by atoms with Gasteiger partial charge in [-0.1, -0.05) is 81.4 Å². The molecule has 5 heteroatoms. The number of carbonyl (C=O) groups is 1. The Morgan fingerprint density at radius 1 is 1.00 bits per heavy atom. The van der Waals surface area contributed by atoms with Crippen molar-refractivity contribution in [2.45, 2.75) is 39.2 Å². The van der Waals surface area contributed by atoms with Gasteiger partial charge in [0.1, 0.15) is 5.76 Å². The SMILES string of the molecule is Cc1oc(C(=O)O)cc1CCO[Si](c1ccccc1)(c1ccccc1)C(C)(C)C. The summed E-state index contributed by atoms with van der Waals surface area (Å²) in [6.07, 6.45) is 0.604. The van der Waals surface area contributed by atoms with E-state index in [2.05, 4.69) is 69.3 Å². The summed E-state index contributed by atoms with van der Waals surface area (Å²) in [6.45, 7) is 9.01. The molecular weight excluding hydrogens is 380 g/mol. The molecule has 0 atom stereocenters. The van der Waals surface area contributed by atoms with E-state index in [9.17, 15) is 4.79 Å². The Balaban J connectivity index is 1.97. The molecule has 0 aliphatic carbocycles. The van der Waals surface area contributed by atoms with E-state index in [-0.39, 0.29) is 10.8 Å². The maximum absolute atomic E-state index is 11.2. The molecule has 0 fully saturated rings. The summed E-state index contributed by atoms with van der Waals surface area (Å²) < 4.78 is 12.2. The van der Waals surface area contributed by atoms with Crippen molar-refractivity contribution in [2.24, 2.45) is 0 Å². The maximum Gasteiger partial charge on any atom is 0.371 e. The lowest BCUT2D eigenvalue weighted by Gasteiger charge is -2.43. The van der Waals surface area contributed by atoms with Gasteiger partial charge in [-0.15, -0.1) is 0 Å². The topological polar surface area (TPSA) is 59.7 Å². The fourth-order valence-corrected chi connectivity index (χ4v) is 8.51. The zero-order chi connectivity index (χ0) is 21.1. The minimum atomic E-state index is -2.58. The van der Waals surface area contributed by atoms with Gasteiger partial charge in [-0.2, -0.15) is 0 Å². The van der Waals surface area contributed by atoms with Gasteiger partial charge < -0.3 is 13.9 Å². The molecule has 0 aliphatic heterocycles. The van der Waals surface area contributed by atoms with E-state index in [0.717, 1.165) is 5.56 Å².